The Morgan fingerprint density at radius 1 is 1.00 bits per heavy atom. The minimum absolute atomic E-state index is 0. The smallest absolute Gasteiger partial charge is 0.744 e. The number of hydrogen-bond acceptors (Lipinski definition) is 6. The summed E-state index contributed by atoms with van der Waals surface area (Å²) in [6.07, 6.45) is 0. The SMILES string of the molecule is COS(=O)(=O)c1c(S(=O)(=O)[O-])ccc2ccccc12.[Li+]. The first-order valence-corrected chi connectivity index (χ1v) is 7.87. The van der Waals surface area contributed by atoms with Crippen LogP contribution < -0.4 is 18.9 Å². The van der Waals surface area contributed by atoms with Gasteiger partial charge >= 0.3 is 18.9 Å². The van der Waals surface area contributed by atoms with E-state index in [4.69, 9.17) is 0 Å². The predicted molar refractivity (Wildman–Crippen MR) is 66.1 cm³/mol. The minimum atomic E-state index is -4.93. The summed E-state index contributed by atoms with van der Waals surface area (Å²) in [5.41, 5.74) is 0. The number of benzene rings is 2. The summed E-state index contributed by atoms with van der Waals surface area (Å²) in [5.74, 6) is 0. The van der Waals surface area contributed by atoms with Crippen molar-refractivity contribution in [3.63, 3.8) is 0 Å². The van der Waals surface area contributed by atoms with E-state index in [1.807, 2.05) is 0 Å². The summed E-state index contributed by atoms with van der Waals surface area (Å²) < 4.78 is 61.6. The van der Waals surface area contributed by atoms with Crippen LogP contribution in [-0.4, -0.2) is 28.5 Å². The molecule has 20 heavy (non-hydrogen) atoms. The van der Waals surface area contributed by atoms with Gasteiger partial charge in [-0.2, -0.15) is 8.42 Å². The van der Waals surface area contributed by atoms with Crippen LogP contribution in [0.15, 0.2) is 46.2 Å². The largest absolute Gasteiger partial charge is 1.00 e. The van der Waals surface area contributed by atoms with Gasteiger partial charge in [0, 0.05) is 5.39 Å². The molecular formula is C11H9LiO6S2. The second-order valence-electron chi connectivity index (χ2n) is 3.69. The molecule has 0 amide bonds. The Hall–Kier alpha value is -0.883. The fraction of sp³-hybridized carbons (Fsp3) is 0.0909. The summed E-state index contributed by atoms with van der Waals surface area (Å²) in [5, 5.41) is 0.617. The number of hydrogen-bond donors (Lipinski definition) is 0. The van der Waals surface area contributed by atoms with Gasteiger partial charge in [-0.1, -0.05) is 30.3 Å². The molecule has 0 aromatic heterocycles. The van der Waals surface area contributed by atoms with E-state index in [9.17, 15) is 21.4 Å². The molecule has 0 atom stereocenters. The fourth-order valence-electron chi connectivity index (χ4n) is 1.76. The van der Waals surface area contributed by atoms with Crippen molar-refractivity contribution in [3.05, 3.63) is 36.4 Å². The Morgan fingerprint density at radius 3 is 2.15 bits per heavy atom. The maximum atomic E-state index is 11.9. The second kappa shape index (κ2) is 5.85. The Kier molecular flexibility index (Phi) is 5.02. The third kappa shape index (κ3) is 3.06. The topological polar surface area (TPSA) is 101 Å². The van der Waals surface area contributed by atoms with Crippen molar-refractivity contribution < 1.29 is 44.4 Å². The van der Waals surface area contributed by atoms with Crippen molar-refractivity contribution in [2.45, 2.75) is 9.79 Å². The van der Waals surface area contributed by atoms with Crippen LogP contribution in [0.5, 0.6) is 0 Å². The molecule has 0 fully saturated rings. The molecule has 0 aliphatic carbocycles. The van der Waals surface area contributed by atoms with Gasteiger partial charge in [-0.3, -0.25) is 4.18 Å². The van der Waals surface area contributed by atoms with E-state index >= 15 is 0 Å². The molecule has 0 bridgehead atoms. The van der Waals surface area contributed by atoms with E-state index in [0.717, 1.165) is 13.2 Å². The van der Waals surface area contributed by atoms with Gasteiger partial charge in [-0.25, -0.2) is 8.42 Å². The maximum absolute atomic E-state index is 11.9. The Labute approximate surface area is 128 Å². The van der Waals surface area contributed by atoms with Crippen LogP contribution in [-0.2, 0) is 24.4 Å². The van der Waals surface area contributed by atoms with Gasteiger partial charge in [0.2, 0.25) is 0 Å². The zero-order valence-corrected chi connectivity index (χ0v) is 12.4. The summed E-state index contributed by atoms with van der Waals surface area (Å²) in [6, 6.07) is 8.56. The fourth-order valence-corrected chi connectivity index (χ4v) is 3.88. The van der Waals surface area contributed by atoms with Crippen molar-refractivity contribution in [2.75, 3.05) is 7.11 Å². The zero-order chi connectivity index (χ0) is 14.3. The molecule has 9 heteroatoms. The van der Waals surface area contributed by atoms with E-state index in [-0.39, 0.29) is 24.2 Å². The molecule has 0 saturated heterocycles. The summed E-state index contributed by atoms with van der Waals surface area (Å²) >= 11 is 0. The zero-order valence-electron chi connectivity index (χ0n) is 10.7. The minimum Gasteiger partial charge on any atom is -0.744 e. The molecule has 0 radical (unpaired) electrons. The molecule has 0 aliphatic heterocycles. The van der Waals surface area contributed by atoms with Crippen molar-refractivity contribution in [1.29, 1.82) is 0 Å². The van der Waals surface area contributed by atoms with E-state index in [1.165, 1.54) is 18.2 Å². The molecule has 0 unspecified atom stereocenters. The first-order valence-electron chi connectivity index (χ1n) is 5.05. The molecule has 0 N–H and O–H groups in total. The summed E-state index contributed by atoms with van der Waals surface area (Å²) in [7, 11) is -8.34. The first-order chi connectivity index (χ1) is 8.77. The van der Waals surface area contributed by atoms with Gasteiger partial charge in [0.05, 0.1) is 12.0 Å². The maximum Gasteiger partial charge on any atom is 1.00 e. The van der Waals surface area contributed by atoms with E-state index in [2.05, 4.69) is 4.18 Å². The molecule has 0 saturated carbocycles. The van der Waals surface area contributed by atoms with Crippen molar-refractivity contribution >= 4 is 31.0 Å². The van der Waals surface area contributed by atoms with Crippen LogP contribution >= 0.6 is 0 Å². The van der Waals surface area contributed by atoms with E-state index < -0.39 is 30.0 Å². The van der Waals surface area contributed by atoms with Crippen molar-refractivity contribution in [1.82, 2.24) is 0 Å². The van der Waals surface area contributed by atoms with Crippen LogP contribution in [0.3, 0.4) is 0 Å². The van der Waals surface area contributed by atoms with Crippen LogP contribution in [0, 0.1) is 0 Å². The average molecular weight is 308 g/mol. The summed E-state index contributed by atoms with van der Waals surface area (Å²) in [4.78, 5) is -1.43. The standard InChI is InChI=1S/C11H10O6S2.Li/c1-17-19(15,16)11-9-5-3-2-4-8(9)6-7-10(11)18(12,13)14;/h2-7H,1H3,(H,12,13,14);/q;+1/p-1. The van der Waals surface area contributed by atoms with Gasteiger partial charge in [-0.15, -0.1) is 0 Å². The summed E-state index contributed by atoms with van der Waals surface area (Å²) in [6.45, 7) is 0. The second-order valence-corrected chi connectivity index (χ2v) is 6.69. The van der Waals surface area contributed by atoms with Crippen molar-refractivity contribution in [2.24, 2.45) is 0 Å². The molecule has 6 nitrogen and oxygen atoms in total. The molecule has 102 valence electrons. The molecular weight excluding hydrogens is 299 g/mol. The van der Waals surface area contributed by atoms with Gasteiger partial charge in [0.25, 0.3) is 10.1 Å². The first kappa shape index (κ1) is 17.2. The van der Waals surface area contributed by atoms with Gasteiger partial charge in [0.15, 0.2) is 0 Å². The average Bonchev–Trinajstić information content (AvgIpc) is 2.36. The van der Waals surface area contributed by atoms with Gasteiger partial charge < -0.3 is 4.55 Å². The number of rotatable bonds is 3. The van der Waals surface area contributed by atoms with Gasteiger partial charge in [0.1, 0.15) is 15.0 Å². The van der Waals surface area contributed by atoms with Gasteiger partial charge in [-0.05, 0) is 11.5 Å². The van der Waals surface area contributed by atoms with Crippen LogP contribution in [0.2, 0.25) is 0 Å². The van der Waals surface area contributed by atoms with Crippen molar-refractivity contribution in [3.8, 4) is 0 Å². The van der Waals surface area contributed by atoms with Crippen LogP contribution in [0.25, 0.3) is 10.8 Å². The molecule has 2 aromatic carbocycles. The van der Waals surface area contributed by atoms with E-state index in [0.29, 0.717) is 5.39 Å². The Morgan fingerprint density at radius 2 is 1.60 bits per heavy atom. The molecule has 0 aliphatic rings. The van der Waals surface area contributed by atoms with E-state index in [1.54, 1.807) is 12.1 Å². The Balaban J connectivity index is 0.00000200. The molecule has 2 aromatic rings. The third-order valence-electron chi connectivity index (χ3n) is 2.58. The normalized spacial score (nSPS) is 12.1. The number of fused-ring (bicyclic) bond motifs is 1. The monoisotopic (exact) mass is 308 g/mol. The van der Waals surface area contributed by atoms with Crippen LogP contribution in [0.1, 0.15) is 0 Å². The predicted octanol–water partition coefficient (Wildman–Crippen LogP) is -1.92. The molecule has 0 heterocycles. The van der Waals surface area contributed by atoms with Crippen LogP contribution in [0.4, 0.5) is 0 Å². The quantitative estimate of drug-likeness (QED) is 0.372. The molecule has 0 spiro atoms. The molecule has 2 rings (SSSR count). The third-order valence-corrected chi connectivity index (χ3v) is 4.97. The Bertz CT molecular complexity index is 842.